The van der Waals surface area contributed by atoms with Gasteiger partial charge < -0.3 is 9.32 Å². The molecule has 0 atom stereocenters. The maximum absolute atomic E-state index is 12.9. The van der Waals surface area contributed by atoms with E-state index in [1.165, 1.54) is 0 Å². The molecule has 26 heavy (non-hydrogen) atoms. The first-order valence-electron chi connectivity index (χ1n) is 8.90. The zero-order valence-electron chi connectivity index (χ0n) is 14.8. The lowest BCUT2D eigenvalue weighted by molar-refractivity contribution is -0.122. The van der Waals surface area contributed by atoms with Gasteiger partial charge in [-0.15, -0.1) is 0 Å². The molecule has 3 aromatic rings. The Morgan fingerprint density at radius 2 is 2.00 bits per heavy atom. The number of anilines is 1. The third-order valence-electron chi connectivity index (χ3n) is 5.29. The summed E-state index contributed by atoms with van der Waals surface area (Å²) in [6, 6.07) is 10.2. The van der Waals surface area contributed by atoms with Crippen LogP contribution >= 0.6 is 0 Å². The van der Waals surface area contributed by atoms with Crippen LogP contribution in [0, 0.1) is 0 Å². The summed E-state index contributed by atoms with van der Waals surface area (Å²) in [5.74, 6) is 1.43. The molecule has 1 saturated carbocycles. The molecule has 0 unspecified atom stereocenters. The van der Waals surface area contributed by atoms with Crippen LogP contribution < -0.4 is 4.90 Å². The zero-order chi connectivity index (χ0) is 17.9. The molecule has 0 radical (unpaired) electrons. The normalized spacial score (nSPS) is 18.2. The number of hydrogen-bond acceptors (Lipinski definition) is 4. The number of carbonyl (C=O) groups excluding carboxylic acids is 1. The summed E-state index contributed by atoms with van der Waals surface area (Å²) < 4.78 is 5.95. The summed E-state index contributed by atoms with van der Waals surface area (Å²) in [4.78, 5) is 23.4. The third-order valence-corrected chi connectivity index (χ3v) is 5.29. The van der Waals surface area contributed by atoms with Gasteiger partial charge in [0.2, 0.25) is 11.8 Å². The summed E-state index contributed by atoms with van der Waals surface area (Å²) in [6.45, 7) is 4.01. The average molecular weight is 345 g/mol. The molecule has 3 heterocycles. The quantitative estimate of drug-likeness (QED) is 0.714. The Morgan fingerprint density at radius 3 is 2.73 bits per heavy atom. The molecule has 0 saturated heterocycles. The van der Waals surface area contributed by atoms with Crippen LogP contribution in [-0.2, 0) is 10.2 Å². The van der Waals surface area contributed by atoms with Gasteiger partial charge in [0.1, 0.15) is 0 Å². The van der Waals surface area contributed by atoms with Crippen LogP contribution in [0.25, 0.3) is 22.8 Å². The molecule has 0 bridgehead atoms. The van der Waals surface area contributed by atoms with Crippen molar-refractivity contribution in [3.8, 4) is 22.8 Å². The first-order valence-corrected chi connectivity index (χ1v) is 8.90. The monoisotopic (exact) mass is 345 g/mol. The van der Waals surface area contributed by atoms with Crippen LogP contribution in [-0.4, -0.2) is 21.9 Å². The molecule has 1 fully saturated rings. The summed E-state index contributed by atoms with van der Waals surface area (Å²) in [6.07, 6.45) is 7.35. The van der Waals surface area contributed by atoms with Crippen molar-refractivity contribution in [3.05, 3.63) is 54.5 Å². The van der Waals surface area contributed by atoms with E-state index in [4.69, 9.17) is 4.42 Å². The Bertz CT molecular complexity index is 1000. The van der Waals surface area contributed by atoms with E-state index in [2.05, 4.69) is 22.1 Å². The fourth-order valence-electron chi connectivity index (χ4n) is 3.66. The van der Waals surface area contributed by atoms with Crippen molar-refractivity contribution in [3.63, 3.8) is 0 Å². The smallest absolute Gasteiger partial charge is 0.237 e. The van der Waals surface area contributed by atoms with Crippen molar-refractivity contribution in [2.24, 2.45) is 0 Å². The molecule has 0 N–H and O–H groups in total. The topological polar surface area (TPSA) is 59.2 Å². The van der Waals surface area contributed by atoms with Crippen LogP contribution in [0.1, 0.15) is 32.3 Å². The summed E-state index contributed by atoms with van der Waals surface area (Å²) in [7, 11) is 0. The van der Waals surface area contributed by atoms with Gasteiger partial charge in [-0.25, -0.2) is 4.98 Å². The van der Waals surface area contributed by atoms with E-state index in [-0.39, 0.29) is 5.91 Å². The molecule has 2 aliphatic rings. The fraction of sp³-hybridized carbons (Fsp3) is 0.286. The number of oxazole rings is 1. The van der Waals surface area contributed by atoms with Crippen LogP contribution in [0.15, 0.2) is 53.3 Å². The molecule has 1 aliphatic heterocycles. The first kappa shape index (κ1) is 15.3. The maximum Gasteiger partial charge on any atom is 0.237 e. The Kier molecular flexibility index (Phi) is 3.11. The number of rotatable bonds is 3. The van der Waals surface area contributed by atoms with Gasteiger partial charge in [-0.3, -0.25) is 9.78 Å². The van der Waals surface area contributed by atoms with Gasteiger partial charge >= 0.3 is 0 Å². The molecule has 1 aromatic carbocycles. The Balaban J connectivity index is 1.57. The van der Waals surface area contributed by atoms with Gasteiger partial charge in [-0.1, -0.05) is 12.1 Å². The SMILES string of the molecule is CC1(C)C(=O)N(C2CC2)c2cc(-c3cnc(-c4cccnc4)o3)ccc21. The molecule has 1 amide bonds. The first-order chi connectivity index (χ1) is 12.6. The zero-order valence-corrected chi connectivity index (χ0v) is 14.8. The van der Waals surface area contributed by atoms with Gasteiger partial charge in [0, 0.05) is 29.7 Å². The molecule has 0 spiro atoms. The minimum atomic E-state index is -0.473. The van der Waals surface area contributed by atoms with E-state index < -0.39 is 5.41 Å². The predicted octanol–water partition coefficient (Wildman–Crippen LogP) is 4.19. The number of amides is 1. The minimum Gasteiger partial charge on any atom is -0.436 e. The minimum absolute atomic E-state index is 0.195. The van der Waals surface area contributed by atoms with Crippen molar-refractivity contribution in [1.29, 1.82) is 0 Å². The molecule has 2 aromatic heterocycles. The van der Waals surface area contributed by atoms with Crippen LogP contribution in [0.5, 0.6) is 0 Å². The molecule has 1 aliphatic carbocycles. The Morgan fingerprint density at radius 1 is 1.15 bits per heavy atom. The van der Waals surface area contributed by atoms with Gasteiger partial charge in [0.25, 0.3) is 0 Å². The van der Waals surface area contributed by atoms with Gasteiger partial charge in [-0.2, -0.15) is 0 Å². The number of carbonyl (C=O) groups is 1. The van der Waals surface area contributed by atoms with E-state index in [9.17, 15) is 4.79 Å². The second-order valence-corrected chi connectivity index (χ2v) is 7.53. The Hall–Kier alpha value is -2.95. The van der Waals surface area contributed by atoms with E-state index in [1.54, 1.807) is 18.6 Å². The number of fused-ring (bicyclic) bond motifs is 1. The van der Waals surface area contributed by atoms with Gasteiger partial charge in [0.05, 0.1) is 17.2 Å². The predicted molar refractivity (Wildman–Crippen MR) is 98.7 cm³/mol. The fourth-order valence-corrected chi connectivity index (χ4v) is 3.66. The standard InChI is InChI=1S/C21H19N3O2/c1-21(2)16-8-5-13(10-17(16)24(20(21)25)15-6-7-15)18-12-23-19(26-18)14-4-3-9-22-11-14/h3-5,8-12,15H,6-7H2,1-2H3. The van der Waals surface area contributed by atoms with E-state index in [0.29, 0.717) is 17.7 Å². The van der Waals surface area contributed by atoms with Crippen molar-refractivity contribution in [1.82, 2.24) is 9.97 Å². The molecule has 5 rings (SSSR count). The summed E-state index contributed by atoms with van der Waals surface area (Å²) in [5.41, 5.74) is 3.40. The van der Waals surface area contributed by atoms with E-state index >= 15 is 0 Å². The maximum atomic E-state index is 12.9. The lowest BCUT2D eigenvalue weighted by Gasteiger charge is -2.19. The van der Waals surface area contributed by atoms with Crippen LogP contribution in [0.3, 0.4) is 0 Å². The molecule has 5 nitrogen and oxygen atoms in total. The summed E-state index contributed by atoms with van der Waals surface area (Å²) >= 11 is 0. The largest absolute Gasteiger partial charge is 0.436 e. The van der Waals surface area contributed by atoms with Crippen molar-refractivity contribution in [2.75, 3.05) is 4.90 Å². The van der Waals surface area contributed by atoms with Crippen molar-refractivity contribution >= 4 is 11.6 Å². The molecular weight excluding hydrogens is 326 g/mol. The number of pyridine rings is 1. The molecule has 130 valence electrons. The highest BCUT2D eigenvalue weighted by molar-refractivity contribution is 6.08. The van der Waals surface area contributed by atoms with Crippen molar-refractivity contribution < 1.29 is 9.21 Å². The molecule has 5 heteroatoms. The second kappa shape index (κ2) is 5.27. The number of hydrogen-bond donors (Lipinski definition) is 0. The Labute approximate surface area is 151 Å². The van der Waals surface area contributed by atoms with Gasteiger partial charge in [-0.05, 0) is 50.5 Å². The lowest BCUT2D eigenvalue weighted by atomic mass is 9.86. The summed E-state index contributed by atoms with van der Waals surface area (Å²) in [5, 5.41) is 0. The highest BCUT2D eigenvalue weighted by Crippen LogP contribution is 2.47. The number of aromatic nitrogens is 2. The highest BCUT2D eigenvalue weighted by Gasteiger charge is 2.49. The van der Waals surface area contributed by atoms with Gasteiger partial charge in [0.15, 0.2) is 5.76 Å². The van der Waals surface area contributed by atoms with Crippen LogP contribution in [0.2, 0.25) is 0 Å². The average Bonchev–Trinajstić information content (AvgIpc) is 3.31. The third kappa shape index (κ3) is 2.20. The second-order valence-electron chi connectivity index (χ2n) is 7.53. The van der Waals surface area contributed by atoms with Crippen LogP contribution in [0.4, 0.5) is 5.69 Å². The lowest BCUT2D eigenvalue weighted by Crippen LogP contribution is -2.37. The van der Waals surface area contributed by atoms with Crippen molar-refractivity contribution in [2.45, 2.75) is 38.1 Å². The van der Waals surface area contributed by atoms with E-state index in [0.717, 1.165) is 35.2 Å². The van der Waals surface area contributed by atoms with E-state index in [1.807, 2.05) is 36.9 Å². The number of nitrogens with zero attached hydrogens (tertiary/aromatic N) is 3. The highest BCUT2D eigenvalue weighted by atomic mass is 16.4. The molecular formula is C21H19N3O2. The number of benzene rings is 1.